The summed E-state index contributed by atoms with van der Waals surface area (Å²) in [6.07, 6.45) is 1.50. The van der Waals surface area contributed by atoms with Crippen LogP contribution in [0.1, 0.15) is 20.3 Å². The predicted octanol–water partition coefficient (Wildman–Crippen LogP) is 1.76. The zero-order chi connectivity index (χ0) is 18.2. The molecule has 2 rings (SSSR count). The lowest BCUT2D eigenvalue weighted by Gasteiger charge is -2.21. The minimum Gasteiger partial charge on any atom is -0.259 e. The van der Waals surface area contributed by atoms with Gasteiger partial charge >= 0.3 is 10.2 Å². The van der Waals surface area contributed by atoms with Crippen LogP contribution in [0.3, 0.4) is 0 Å². The van der Waals surface area contributed by atoms with Gasteiger partial charge in [0.15, 0.2) is 0 Å². The van der Waals surface area contributed by atoms with Gasteiger partial charge < -0.3 is 0 Å². The first-order chi connectivity index (χ1) is 11.0. The minimum atomic E-state index is -4.22. The summed E-state index contributed by atoms with van der Waals surface area (Å²) in [5.41, 5.74) is 0. The number of benzene rings is 1. The zero-order valence-corrected chi connectivity index (χ0v) is 16.2. The van der Waals surface area contributed by atoms with E-state index < -0.39 is 41.3 Å². The third kappa shape index (κ3) is 4.22. The summed E-state index contributed by atoms with van der Waals surface area (Å²) in [5.74, 6) is -0.575. The molecule has 1 aromatic rings. The molecule has 6 nitrogen and oxygen atoms in total. The number of hydrogen-bond donors (Lipinski definition) is 0. The Hall–Kier alpha value is -0.840. The Kier molecular flexibility index (Phi) is 5.53. The molecule has 0 spiro atoms. The van der Waals surface area contributed by atoms with E-state index in [2.05, 4.69) is 3.77 Å². The van der Waals surface area contributed by atoms with E-state index >= 15 is 0 Å². The molecule has 0 N–H and O–H groups in total. The third-order valence-electron chi connectivity index (χ3n) is 3.91. The van der Waals surface area contributed by atoms with Crippen LogP contribution in [-0.2, 0) is 30.7 Å². The summed E-state index contributed by atoms with van der Waals surface area (Å²) in [5, 5.41) is 0. The van der Waals surface area contributed by atoms with E-state index in [4.69, 9.17) is 0 Å². The second-order valence-electron chi connectivity index (χ2n) is 6.24. The second kappa shape index (κ2) is 6.81. The highest BCUT2D eigenvalue weighted by atomic mass is 32.3. The molecule has 1 heterocycles. The quantitative estimate of drug-likeness (QED) is 0.779. The molecule has 1 aliphatic heterocycles. The van der Waals surface area contributed by atoms with Crippen molar-refractivity contribution in [1.29, 1.82) is 0 Å². The molecular formula is C14H21FN2O4S3. The van der Waals surface area contributed by atoms with Crippen molar-refractivity contribution in [2.24, 2.45) is 3.77 Å². The largest absolute Gasteiger partial charge is 0.330 e. The van der Waals surface area contributed by atoms with E-state index in [0.29, 0.717) is 6.42 Å². The van der Waals surface area contributed by atoms with Crippen LogP contribution in [0.4, 0.5) is 4.39 Å². The number of halogens is 1. The highest BCUT2D eigenvalue weighted by Gasteiger charge is 2.34. The lowest BCUT2D eigenvalue weighted by molar-refractivity contribution is 0.416. The van der Waals surface area contributed by atoms with Gasteiger partial charge in [-0.05, 0) is 32.4 Å². The van der Waals surface area contributed by atoms with Gasteiger partial charge in [0.05, 0.1) is 14.6 Å². The molecule has 1 saturated heterocycles. The maximum absolute atomic E-state index is 13.8. The van der Waals surface area contributed by atoms with E-state index in [0.717, 1.165) is 16.6 Å². The first-order valence-corrected chi connectivity index (χ1v) is 12.0. The molecule has 0 saturated carbocycles. The number of hydrogen-bond acceptors (Lipinski definition) is 4. The van der Waals surface area contributed by atoms with Crippen LogP contribution < -0.4 is 0 Å². The maximum Gasteiger partial charge on any atom is 0.330 e. The van der Waals surface area contributed by atoms with Crippen molar-refractivity contribution in [2.45, 2.75) is 29.9 Å². The smallest absolute Gasteiger partial charge is 0.259 e. The van der Waals surface area contributed by atoms with E-state index in [9.17, 15) is 21.2 Å². The molecule has 0 aromatic heterocycles. The first kappa shape index (κ1) is 19.5. The Morgan fingerprint density at radius 1 is 1.21 bits per heavy atom. The second-order valence-corrected chi connectivity index (χ2v) is 12.5. The van der Waals surface area contributed by atoms with Gasteiger partial charge in [-0.25, -0.2) is 8.60 Å². The summed E-state index contributed by atoms with van der Waals surface area (Å²) in [6, 6.07) is 5.27. The standard InChI is InChI=1S/C14H21FN2O4S3/c1-14(2)8-9-17(10-11-22(14)18)24(20,21)16-23(3,19)13-7-5-4-6-12(13)15/h4-7H,8-11H2,1-3H3. The monoisotopic (exact) mass is 396 g/mol. The fraction of sp³-hybridized carbons (Fsp3) is 0.571. The van der Waals surface area contributed by atoms with E-state index in [-0.39, 0.29) is 23.7 Å². The van der Waals surface area contributed by atoms with Gasteiger partial charge in [-0.15, -0.1) is 0 Å². The van der Waals surface area contributed by atoms with Crippen LogP contribution in [0.2, 0.25) is 0 Å². The Morgan fingerprint density at radius 3 is 2.46 bits per heavy atom. The van der Waals surface area contributed by atoms with Gasteiger partial charge in [0.1, 0.15) is 5.82 Å². The summed E-state index contributed by atoms with van der Waals surface area (Å²) < 4.78 is 67.7. The van der Waals surface area contributed by atoms with Gasteiger partial charge in [-0.3, -0.25) is 4.21 Å². The molecule has 1 aromatic carbocycles. The molecule has 0 amide bonds. The number of nitrogens with zero attached hydrogens (tertiary/aromatic N) is 2. The highest BCUT2D eigenvalue weighted by molar-refractivity contribution is 8.02. The fourth-order valence-electron chi connectivity index (χ4n) is 2.33. The summed E-state index contributed by atoms with van der Waals surface area (Å²) in [4.78, 5) is -0.243. The summed E-state index contributed by atoms with van der Waals surface area (Å²) in [7, 11) is -8.84. The van der Waals surface area contributed by atoms with Crippen molar-refractivity contribution in [3.8, 4) is 0 Å². The van der Waals surface area contributed by atoms with Gasteiger partial charge in [0, 0.05) is 40.6 Å². The average Bonchev–Trinajstić information content (AvgIpc) is 2.58. The van der Waals surface area contributed by atoms with E-state index in [1.807, 2.05) is 13.8 Å². The fourth-order valence-corrected chi connectivity index (χ4v) is 7.24. The molecule has 2 atom stereocenters. The SMILES string of the molecule is CC1(C)CCN(S(=O)(=O)N=S(C)(=O)c2ccccc2F)CCS1=O. The highest BCUT2D eigenvalue weighted by Crippen LogP contribution is 2.25. The van der Waals surface area contributed by atoms with Crippen LogP contribution in [0.15, 0.2) is 32.9 Å². The third-order valence-corrected chi connectivity index (χ3v) is 9.96. The van der Waals surface area contributed by atoms with Gasteiger partial charge in [0.25, 0.3) is 0 Å². The van der Waals surface area contributed by atoms with Crippen molar-refractivity contribution in [1.82, 2.24) is 4.31 Å². The van der Waals surface area contributed by atoms with Gasteiger partial charge in [-0.2, -0.15) is 12.7 Å². The Morgan fingerprint density at radius 2 is 1.83 bits per heavy atom. The molecule has 1 fully saturated rings. The molecule has 136 valence electrons. The molecular weight excluding hydrogens is 375 g/mol. The summed E-state index contributed by atoms with van der Waals surface area (Å²) >= 11 is 0. The van der Waals surface area contributed by atoms with Crippen LogP contribution in [-0.4, -0.2) is 51.0 Å². The average molecular weight is 397 g/mol. The van der Waals surface area contributed by atoms with Crippen molar-refractivity contribution in [3.63, 3.8) is 0 Å². The lowest BCUT2D eigenvalue weighted by atomic mass is 10.1. The van der Waals surface area contributed by atoms with Crippen molar-refractivity contribution >= 4 is 30.7 Å². The van der Waals surface area contributed by atoms with Crippen molar-refractivity contribution in [2.75, 3.05) is 25.1 Å². The Balaban J connectivity index is 2.39. The van der Waals surface area contributed by atoms with Crippen molar-refractivity contribution in [3.05, 3.63) is 30.1 Å². The van der Waals surface area contributed by atoms with Crippen LogP contribution in [0.25, 0.3) is 0 Å². The molecule has 2 unspecified atom stereocenters. The van der Waals surface area contributed by atoms with Crippen molar-refractivity contribution < 1.29 is 21.2 Å². The minimum absolute atomic E-state index is 0.0364. The van der Waals surface area contributed by atoms with Gasteiger partial charge in [0.2, 0.25) is 0 Å². The Bertz CT molecular complexity index is 874. The van der Waals surface area contributed by atoms with Crippen LogP contribution >= 0.6 is 0 Å². The molecule has 10 heteroatoms. The molecule has 0 aliphatic carbocycles. The Labute approximate surface area is 145 Å². The predicted molar refractivity (Wildman–Crippen MR) is 93.4 cm³/mol. The maximum atomic E-state index is 13.8. The van der Waals surface area contributed by atoms with E-state index in [1.165, 1.54) is 18.2 Å². The van der Waals surface area contributed by atoms with Crippen LogP contribution in [0, 0.1) is 5.82 Å². The van der Waals surface area contributed by atoms with E-state index in [1.54, 1.807) is 0 Å². The van der Waals surface area contributed by atoms with Gasteiger partial charge in [-0.1, -0.05) is 15.9 Å². The molecule has 0 radical (unpaired) electrons. The first-order valence-electron chi connectivity index (χ1n) is 7.32. The molecule has 0 bridgehead atoms. The topological polar surface area (TPSA) is 83.9 Å². The normalized spacial score (nSPS) is 24.8. The number of rotatable bonds is 3. The zero-order valence-electron chi connectivity index (χ0n) is 13.8. The van der Waals surface area contributed by atoms with Crippen LogP contribution in [0.5, 0.6) is 0 Å². The molecule has 24 heavy (non-hydrogen) atoms. The molecule has 1 aliphatic rings. The summed E-state index contributed by atoms with van der Waals surface area (Å²) in [6.45, 7) is 3.81. The lowest BCUT2D eigenvalue weighted by Crippen LogP contribution is -2.33.